The second-order valence-corrected chi connectivity index (χ2v) is 6.10. The van der Waals surface area contributed by atoms with Gasteiger partial charge >= 0.3 is 0 Å². The topological polar surface area (TPSA) is 71.0 Å². The van der Waals surface area contributed by atoms with Crippen LogP contribution in [0.25, 0.3) is 0 Å². The van der Waals surface area contributed by atoms with Gasteiger partial charge in [0.25, 0.3) is 0 Å². The molecule has 1 aliphatic heterocycles. The summed E-state index contributed by atoms with van der Waals surface area (Å²) in [5, 5.41) is 11.5. The van der Waals surface area contributed by atoms with E-state index in [9.17, 15) is 4.79 Å². The van der Waals surface area contributed by atoms with Crippen molar-refractivity contribution in [3.05, 3.63) is 28.9 Å². The van der Waals surface area contributed by atoms with Gasteiger partial charge in [0.05, 0.1) is 5.02 Å². The molecule has 1 N–H and O–H groups in total. The normalized spacial score (nSPS) is 16.0. The minimum atomic E-state index is 0.0115. The van der Waals surface area contributed by atoms with Crippen LogP contribution >= 0.6 is 22.9 Å². The molecule has 0 radical (unpaired) electrons. The first kappa shape index (κ1) is 14.2. The number of amides is 1. The van der Waals surface area contributed by atoms with Gasteiger partial charge in [-0.2, -0.15) is 0 Å². The molecule has 0 unspecified atom stereocenters. The summed E-state index contributed by atoms with van der Waals surface area (Å²) in [6.07, 6.45) is 3.25. The predicted octanol–water partition coefficient (Wildman–Crippen LogP) is 2.44. The van der Waals surface area contributed by atoms with Gasteiger partial charge in [-0.1, -0.05) is 22.9 Å². The lowest BCUT2D eigenvalue weighted by Gasteiger charge is -2.31. The van der Waals surface area contributed by atoms with E-state index in [0.29, 0.717) is 10.2 Å². The fraction of sp³-hybridized carbons (Fsp3) is 0.385. The first-order chi connectivity index (χ1) is 10.2. The fourth-order valence-electron chi connectivity index (χ4n) is 2.36. The zero-order valence-electron chi connectivity index (χ0n) is 11.2. The number of nitrogens with zero attached hydrogens (tertiary/aromatic N) is 4. The molecule has 2 aromatic heterocycles. The Bertz CT molecular complexity index is 596. The van der Waals surface area contributed by atoms with E-state index in [1.54, 1.807) is 11.7 Å². The average Bonchev–Trinajstić information content (AvgIpc) is 3.01. The van der Waals surface area contributed by atoms with Crippen molar-refractivity contribution >= 4 is 39.8 Å². The largest absolute Gasteiger partial charge is 0.357 e. The molecular weight excluding hydrogens is 310 g/mol. The van der Waals surface area contributed by atoms with Crippen LogP contribution < -0.4 is 10.2 Å². The van der Waals surface area contributed by atoms with Crippen molar-refractivity contribution in [1.29, 1.82) is 0 Å². The number of piperidine rings is 1. The van der Waals surface area contributed by atoms with Crippen molar-refractivity contribution in [3.63, 3.8) is 0 Å². The minimum absolute atomic E-state index is 0.0115. The number of halogens is 1. The van der Waals surface area contributed by atoms with Gasteiger partial charge in [0.15, 0.2) is 0 Å². The summed E-state index contributed by atoms with van der Waals surface area (Å²) < 4.78 is 0. The zero-order chi connectivity index (χ0) is 14.7. The van der Waals surface area contributed by atoms with Gasteiger partial charge in [-0.15, -0.1) is 10.2 Å². The Hall–Kier alpha value is -1.73. The van der Waals surface area contributed by atoms with Gasteiger partial charge in [-0.25, -0.2) is 4.98 Å². The smallest absolute Gasteiger partial charge is 0.229 e. The van der Waals surface area contributed by atoms with Gasteiger partial charge in [0.1, 0.15) is 11.3 Å². The quantitative estimate of drug-likeness (QED) is 0.939. The van der Waals surface area contributed by atoms with Crippen molar-refractivity contribution in [2.75, 3.05) is 23.3 Å². The van der Waals surface area contributed by atoms with Crippen LogP contribution in [-0.2, 0) is 4.79 Å². The molecule has 6 nitrogen and oxygen atoms in total. The maximum absolute atomic E-state index is 12.1. The van der Waals surface area contributed by atoms with Crippen LogP contribution in [0.1, 0.15) is 12.8 Å². The summed E-state index contributed by atoms with van der Waals surface area (Å²) in [7, 11) is 0. The van der Waals surface area contributed by atoms with Crippen LogP contribution in [0, 0.1) is 5.92 Å². The molecule has 2 aromatic rings. The fourth-order valence-corrected chi connectivity index (χ4v) is 2.92. The molecule has 3 rings (SSSR count). The number of anilines is 2. The van der Waals surface area contributed by atoms with E-state index in [2.05, 4.69) is 25.4 Å². The molecule has 1 aliphatic rings. The monoisotopic (exact) mass is 323 g/mol. The van der Waals surface area contributed by atoms with Gasteiger partial charge in [-0.3, -0.25) is 4.79 Å². The molecule has 3 heterocycles. The standard InChI is InChI=1S/C13H14ClN5OS/c14-10-1-2-11(15-7-10)19-5-3-9(4-6-19)12(20)17-13-18-16-8-21-13/h1-2,7-9H,3-6H2,(H,17,18,20). The number of carbonyl (C=O) groups excluding carboxylic acids is 1. The molecule has 21 heavy (non-hydrogen) atoms. The molecule has 0 aromatic carbocycles. The van der Waals surface area contributed by atoms with E-state index in [1.165, 1.54) is 11.3 Å². The SMILES string of the molecule is O=C(Nc1nncs1)C1CCN(c2ccc(Cl)cn2)CC1. The summed E-state index contributed by atoms with van der Waals surface area (Å²) in [6, 6.07) is 3.74. The molecule has 1 amide bonds. The highest BCUT2D eigenvalue weighted by Crippen LogP contribution is 2.24. The molecule has 0 saturated carbocycles. The molecule has 0 atom stereocenters. The van der Waals surface area contributed by atoms with Crippen LogP contribution in [0.15, 0.2) is 23.8 Å². The molecule has 110 valence electrons. The molecule has 1 fully saturated rings. The first-order valence-corrected chi connectivity index (χ1v) is 7.91. The van der Waals surface area contributed by atoms with Crippen LogP contribution in [0.3, 0.4) is 0 Å². The Morgan fingerprint density at radius 3 is 2.81 bits per heavy atom. The highest BCUT2D eigenvalue weighted by molar-refractivity contribution is 7.13. The number of hydrogen-bond donors (Lipinski definition) is 1. The van der Waals surface area contributed by atoms with Crippen molar-refractivity contribution in [2.24, 2.45) is 5.92 Å². The Balaban J connectivity index is 1.55. The van der Waals surface area contributed by atoms with E-state index >= 15 is 0 Å². The number of nitrogens with one attached hydrogen (secondary N) is 1. The number of rotatable bonds is 3. The summed E-state index contributed by atoms with van der Waals surface area (Å²) in [6.45, 7) is 1.62. The zero-order valence-corrected chi connectivity index (χ0v) is 12.8. The molecule has 0 spiro atoms. The van der Waals surface area contributed by atoms with Crippen LogP contribution in [0.2, 0.25) is 5.02 Å². The Kier molecular flexibility index (Phi) is 4.31. The highest BCUT2D eigenvalue weighted by Gasteiger charge is 2.26. The Morgan fingerprint density at radius 1 is 1.38 bits per heavy atom. The molecular formula is C13H14ClN5OS. The molecule has 0 aliphatic carbocycles. The number of carbonyl (C=O) groups is 1. The van der Waals surface area contributed by atoms with Crippen LogP contribution in [0.5, 0.6) is 0 Å². The van der Waals surface area contributed by atoms with Gasteiger partial charge in [0.2, 0.25) is 11.0 Å². The minimum Gasteiger partial charge on any atom is -0.357 e. The number of hydrogen-bond acceptors (Lipinski definition) is 6. The third kappa shape index (κ3) is 3.48. The molecule has 8 heteroatoms. The second kappa shape index (κ2) is 6.36. The lowest BCUT2D eigenvalue weighted by atomic mass is 9.96. The van der Waals surface area contributed by atoms with Crippen LogP contribution in [0.4, 0.5) is 10.9 Å². The van der Waals surface area contributed by atoms with Crippen molar-refractivity contribution < 1.29 is 4.79 Å². The third-order valence-corrected chi connectivity index (χ3v) is 4.32. The lowest BCUT2D eigenvalue weighted by Crippen LogP contribution is -2.38. The first-order valence-electron chi connectivity index (χ1n) is 6.66. The van der Waals surface area contributed by atoms with Gasteiger partial charge in [0, 0.05) is 25.2 Å². The Labute approximate surface area is 131 Å². The summed E-state index contributed by atoms with van der Waals surface area (Å²) in [5.74, 6) is 0.940. The van der Waals surface area contributed by atoms with Crippen molar-refractivity contribution in [3.8, 4) is 0 Å². The molecule has 1 saturated heterocycles. The third-order valence-electron chi connectivity index (χ3n) is 3.49. The van der Waals surface area contributed by atoms with E-state index in [-0.39, 0.29) is 11.8 Å². The van der Waals surface area contributed by atoms with Gasteiger partial charge in [-0.05, 0) is 25.0 Å². The lowest BCUT2D eigenvalue weighted by molar-refractivity contribution is -0.120. The highest BCUT2D eigenvalue weighted by atomic mass is 35.5. The van der Waals surface area contributed by atoms with Crippen molar-refractivity contribution in [1.82, 2.24) is 15.2 Å². The second-order valence-electron chi connectivity index (χ2n) is 4.83. The maximum atomic E-state index is 12.1. The van der Waals surface area contributed by atoms with Crippen molar-refractivity contribution in [2.45, 2.75) is 12.8 Å². The van der Waals surface area contributed by atoms with Gasteiger partial charge < -0.3 is 10.2 Å². The van der Waals surface area contributed by atoms with E-state index in [1.807, 2.05) is 12.1 Å². The van der Waals surface area contributed by atoms with E-state index in [4.69, 9.17) is 11.6 Å². The van der Waals surface area contributed by atoms with E-state index < -0.39 is 0 Å². The number of pyridine rings is 1. The van der Waals surface area contributed by atoms with Crippen LogP contribution in [-0.4, -0.2) is 34.2 Å². The summed E-state index contributed by atoms with van der Waals surface area (Å²) in [5.41, 5.74) is 1.60. The Morgan fingerprint density at radius 2 is 2.19 bits per heavy atom. The number of aromatic nitrogens is 3. The summed E-state index contributed by atoms with van der Waals surface area (Å²) in [4.78, 5) is 18.6. The molecule has 0 bridgehead atoms. The summed E-state index contributed by atoms with van der Waals surface area (Å²) >= 11 is 7.17. The average molecular weight is 324 g/mol. The van der Waals surface area contributed by atoms with E-state index in [0.717, 1.165) is 31.7 Å². The maximum Gasteiger partial charge on any atom is 0.229 e. The predicted molar refractivity (Wildman–Crippen MR) is 82.7 cm³/mol.